The number of benzene rings is 2. The third-order valence-corrected chi connectivity index (χ3v) is 5.87. The van der Waals surface area contributed by atoms with Gasteiger partial charge in [-0.15, -0.1) is 10.2 Å². The van der Waals surface area contributed by atoms with Gasteiger partial charge >= 0.3 is 0 Å². The van der Waals surface area contributed by atoms with Gasteiger partial charge in [0.25, 0.3) is 0 Å². The third-order valence-electron chi connectivity index (χ3n) is 4.39. The molecule has 0 radical (unpaired) electrons. The molecule has 7 nitrogen and oxygen atoms in total. The number of thioether (sulfide) groups is 1. The van der Waals surface area contributed by atoms with Crippen molar-refractivity contribution in [3.63, 3.8) is 0 Å². The molecule has 0 aliphatic heterocycles. The number of carbonyl (C=O) groups is 1. The van der Waals surface area contributed by atoms with E-state index in [1.165, 1.54) is 11.8 Å². The fraction of sp³-hybridized carbons (Fsp3) is 0.143. The molecule has 10 heteroatoms. The van der Waals surface area contributed by atoms with Crippen LogP contribution in [0.2, 0.25) is 10.0 Å². The maximum Gasteiger partial charge on any atom is 0.236 e. The van der Waals surface area contributed by atoms with E-state index < -0.39 is 0 Å². The zero-order valence-corrected chi connectivity index (χ0v) is 18.9. The fourth-order valence-corrected chi connectivity index (χ4v) is 4.21. The molecule has 1 N–H and O–H groups in total. The Bertz CT molecular complexity index is 1250. The van der Waals surface area contributed by atoms with Gasteiger partial charge in [0.05, 0.1) is 16.5 Å². The lowest BCUT2D eigenvalue weighted by Crippen LogP contribution is -2.14. The number of aryl methyl sites for hydroxylation is 2. The molecule has 1 amide bonds. The van der Waals surface area contributed by atoms with Crippen molar-refractivity contribution in [2.45, 2.75) is 19.0 Å². The normalized spacial score (nSPS) is 11.0. The van der Waals surface area contributed by atoms with Gasteiger partial charge in [0, 0.05) is 16.7 Å². The second-order valence-corrected chi connectivity index (χ2v) is 8.50. The molecule has 0 spiro atoms. The standard InChI is InChI=1S/C21H17Cl2N5O2S/c1-12-5-3-4-6-17(12)28-20(15-8-7-14(22)10-16(15)23)25-26-21(28)31-11-19(29)24-18-9-13(2)30-27-18/h3-10H,11H2,1-2H3,(H,24,27,29). The minimum atomic E-state index is -0.233. The molecule has 0 aliphatic rings. The molecule has 2 heterocycles. The molecule has 0 atom stereocenters. The van der Waals surface area contributed by atoms with Crippen molar-refractivity contribution in [3.8, 4) is 17.1 Å². The van der Waals surface area contributed by atoms with Crippen molar-refractivity contribution in [2.24, 2.45) is 0 Å². The number of amides is 1. The molecule has 4 aromatic rings. The predicted molar refractivity (Wildman–Crippen MR) is 122 cm³/mol. The highest BCUT2D eigenvalue weighted by molar-refractivity contribution is 7.99. The monoisotopic (exact) mass is 473 g/mol. The lowest BCUT2D eigenvalue weighted by Gasteiger charge is -2.13. The molecule has 0 saturated carbocycles. The van der Waals surface area contributed by atoms with E-state index in [1.807, 2.05) is 35.8 Å². The lowest BCUT2D eigenvalue weighted by atomic mass is 10.1. The molecule has 2 aromatic heterocycles. The van der Waals surface area contributed by atoms with Crippen molar-refractivity contribution < 1.29 is 9.32 Å². The number of halogens is 2. The summed E-state index contributed by atoms with van der Waals surface area (Å²) < 4.78 is 6.86. The first-order valence-corrected chi connectivity index (χ1v) is 11.0. The molecule has 0 unspecified atom stereocenters. The summed E-state index contributed by atoms with van der Waals surface area (Å²) in [6.45, 7) is 3.75. The summed E-state index contributed by atoms with van der Waals surface area (Å²) in [5.74, 6) is 1.43. The SMILES string of the molecule is Cc1cc(NC(=O)CSc2nnc(-c3ccc(Cl)cc3Cl)n2-c2ccccc2C)no1. The lowest BCUT2D eigenvalue weighted by molar-refractivity contribution is -0.113. The molecular formula is C21H17Cl2N5O2S. The molecule has 2 aromatic carbocycles. The van der Waals surface area contributed by atoms with Crippen LogP contribution in [0, 0.1) is 13.8 Å². The van der Waals surface area contributed by atoms with Crippen LogP contribution in [0.5, 0.6) is 0 Å². The van der Waals surface area contributed by atoms with E-state index in [0.717, 1.165) is 11.3 Å². The van der Waals surface area contributed by atoms with Gasteiger partial charge in [-0.25, -0.2) is 0 Å². The fourth-order valence-electron chi connectivity index (χ4n) is 2.97. The average Bonchev–Trinajstić information content (AvgIpc) is 3.33. The van der Waals surface area contributed by atoms with E-state index in [1.54, 1.807) is 31.2 Å². The summed E-state index contributed by atoms with van der Waals surface area (Å²) in [6, 6.07) is 14.7. The molecule has 0 bridgehead atoms. The summed E-state index contributed by atoms with van der Waals surface area (Å²) in [5.41, 5.74) is 2.61. The highest BCUT2D eigenvalue weighted by atomic mass is 35.5. The highest BCUT2D eigenvalue weighted by Gasteiger charge is 2.20. The summed E-state index contributed by atoms with van der Waals surface area (Å²) in [4.78, 5) is 12.4. The number of nitrogens with zero attached hydrogens (tertiary/aromatic N) is 4. The number of aromatic nitrogens is 4. The van der Waals surface area contributed by atoms with Gasteiger partial charge in [-0.1, -0.05) is 58.3 Å². The first-order chi connectivity index (χ1) is 14.9. The van der Waals surface area contributed by atoms with E-state index >= 15 is 0 Å². The highest BCUT2D eigenvalue weighted by Crippen LogP contribution is 2.34. The minimum Gasteiger partial charge on any atom is -0.360 e. The average molecular weight is 474 g/mol. The number of anilines is 1. The molecule has 0 fully saturated rings. The van der Waals surface area contributed by atoms with Crippen LogP contribution >= 0.6 is 35.0 Å². The molecule has 0 aliphatic carbocycles. The van der Waals surface area contributed by atoms with Crippen LogP contribution in [0.4, 0.5) is 5.82 Å². The quantitative estimate of drug-likeness (QED) is 0.368. The maximum absolute atomic E-state index is 12.4. The first-order valence-electron chi connectivity index (χ1n) is 9.25. The van der Waals surface area contributed by atoms with Crippen molar-refractivity contribution in [3.05, 3.63) is 69.9 Å². The summed E-state index contributed by atoms with van der Waals surface area (Å²) in [5, 5.41) is 16.7. The van der Waals surface area contributed by atoms with Gasteiger partial charge in [0.2, 0.25) is 5.91 Å². The van der Waals surface area contributed by atoms with Gasteiger partial charge in [-0.3, -0.25) is 9.36 Å². The number of nitrogens with one attached hydrogen (secondary N) is 1. The number of para-hydroxylation sites is 1. The zero-order valence-electron chi connectivity index (χ0n) is 16.6. The van der Waals surface area contributed by atoms with E-state index in [4.69, 9.17) is 27.7 Å². The van der Waals surface area contributed by atoms with Crippen molar-refractivity contribution in [1.82, 2.24) is 19.9 Å². The van der Waals surface area contributed by atoms with Crippen LogP contribution in [-0.4, -0.2) is 31.6 Å². The number of rotatable bonds is 6. The largest absolute Gasteiger partial charge is 0.360 e. The number of carbonyl (C=O) groups excluding carboxylic acids is 1. The first kappa shape index (κ1) is 21.4. The maximum atomic E-state index is 12.4. The Labute approximate surface area is 192 Å². The second-order valence-electron chi connectivity index (χ2n) is 6.71. The van der Waals surface area contributed by atoms with Crippen LogP contribution in [0.15, 0.2) is 58.2 Å². The van der Waals surface area contributed by atoms with Crippen LogP contribution in [-0.2, 0) is 4.79 Å². The molecule has 0 saturated heterocycles. The van der Waals surface area contributed by atoms with Gasteiger partial charge in [0.15, 0.2) is 16.8 Å². The minimum absolute atomic E-state index is 0.115. The van der Waals surface area contributed by atoms with E-state index in [-0.39, 0.29) is 11.7 Å². The van der Waals surface area contributed by atoms with Crippen molar-refractivity contribution >= 4 is 46.7 Å². The Balaban J connectivity index is 1.67. The zero-order chi connectivity index (χ0) is 22.0. The summed E-state index contributed by atoms with van der Waals surface area (Å²) >= 11 is 13.8. The molecule has 31 heavy (non-hydrogen) atoms. The topological polar surface area (TPSA) is 85.8 Å². The molecule has 4 rings (SSSR count). The van der Waals surface area contributed by atoms with Gasteiger partial charge < -0.3 is 9.84 Å². The van der Waals surface area contributed by atoms with Gasteiger partial charge in [-0.2, -0.15) is 0 Å². The van der Waals surface area contributed by atoms with Crippen LogP contribution in [0.25, 0.3) is 17.1 Å². The van der Waals surface area contributed by atoms with Gasteiger partial charge in [0.1, 0.15) is 5.76 Å². The molecule has 158 valence electrons. The Morgan fingerprint density at radius 3 is 2.65 bits per heavy atom. The molecular weight excluding hydrogens is 457 g/mol. The number of hydrogen-bond acceptors (Lipinski definition) is 6. The van der Waals surface area contributed by atoms with Crippen LogP contribution in [0.1, 0.15) is 11.3 Å². The van der Waals surface area contributed by atoms with E-state index in [9.17, 15) is 4.79 Å². The second kappa shape index (κ2) is 9.13. The third kappa shape index (κ3) is 4.76. The predicted octanol–water partition coefficient (Wildman–Crippen LogP) is 5.58. The van der Waals surface area contributed by atoms with Crippen LogP contribution < -0.4 is 5.32 Å². The Morgan fingerprint density at radius 1 is 1.13 bits per heavy atom. The number of hydrogen-bond donors (Lipinski definition) is 1. The Hall–Kier alpha value is -2.81. The Kier molecular flexibility index (Phi) is 6.31. The van der Waals surface area contributed by atoms with Crippen LogP contribution in [0.3, 0.4) is 0 Å². The van der Waals surface area contributed by atoms with E-state index in [2.05, 4.69) is 20.7 Å². The van der Waals surface area contributed by atoms with Crippen molar-refractivity contribution in [1.29, 1.82) is 0 Å². The summed E-state index contributed by atoms with van der Waals surface area (Å²) in [7, 11) is 0. The summed E-state index contributed by atoms with van der Waals surface area (Å²) in [6.07, 6.45) is 0. The smallest absolute Gasteiger partial charge is 0.236 e. The Morgan fingerprint density at radius 2 is 1.94 bits per heavy atom. The van der Waals surface area contributed by atoms with Crippen molar-refractivity contribution in [2.75, 3.05) is 11.1 Å². The van der Waals surface area contributed by atoms with E-state index in [0.29, 0.717) is 38.2 Å². The van der Waals surface area contributed by atoms with Gasteiger partial charge in [-0.05, 0) is 43.7 Å².